The van der Waals surface area contributed by atoms with Crippen molar-refractivity contribution in [2.45, 2.75) is 29.9 Å². The number of amides is 1. The average Bonchev–Trinajstić information content (AvgIpc) is 3.18. The molecule has 0 radical (unpaired) electrons. The van der Waals surface area contributed by atoms with Crippen LogP contribution in [0.2, 0.25) is 0 Å². The monoisotopic (exact) mass is 325 g/mol. The zero-order valence-electron chi connectivity index (χ0n) is 13.1. The molecular weight excluding hydrogens is 306 g/mol. The SMILES string of the molecule is CSc1ccc([C@@H]2N(c3ccccn3)C(=O)[C@@H]3CCCN23)cc1. The van der Waals surface area contributed by atoms with Crippen LogP contribution in [0, 0.1) is 0 Å². The second kappa shape index (κ2) is 5.98. The number of hydrogen-bond acceptors (Lipinski definition) is 4. The average molecular weight is 325 g/mol. The lowest BCUT2D eigenvalue weighted by molar-refractivity contribution is -0.119. The van der Waals surface area contributed by atoms with Crippen molar-refractivity contribution < 1.29 is 4.79 Å². The number of thioether (sulfide) groups is 1. The number of hydrogen-bond donors (Lipinski definition) is 0. The lowest BCUT2D eigenvalue weighted by atomic mass is 10.1. The minimum Gasteiger partial charge on any atom is -0.275 e. The molecular formula is C18H19N3OS. The number of rotatable bonds is 3. The first kappa shape index (κ1) is 14.7. The van der Waals surface area contributed by atoms with E-state index in [4.69, 9.17) is 0 Å². The van der Waals surface area contributed by atoms with Gasteiger partial charge in [-0.2, -0.15) is 0 Å². The van der Waals surface area contributed by atoms with Gasteiger partial charge in [0, 0.05) is 17.6 Å². The largest absolute Gasteiger partial charge is 0.275 e. The third-order valence-corrected chi connectivity index (χ3v) is 5.43. The minimum atomic E-state index is -0.0409. The van der Waals surface area contributed by atoms with Crippen LogP contribution in [0.5, 0.6) is 0 Å². The van der Waals surface area contributed by atoms with Gasteiger partial charge in [0.2, 0.25) is 5.91 Å². The summed E-state index contributed by atoms with van der Waals surface area (Å²) in [6, 6.07) is 14.3. The number of carbonyl (C=O) groups excluding carboxylic acids is 1. The van der Waals surface area contributed by atoms with Gasteiger partial charge in [-0.1, -0.05) is 18.2 Å². The number of fused-ring (bicyclic) bond motifs is 1. The molecule has 0 spiro atoms. The van der Waals surface area contributed by atoms with Crippen molar-refractivity contribution in [2.75, 3.05) is 17.7 Å². The molecule has 0 saturated carbocycles. The van der Waals surface area contributed by atoms with Gasteiger partial charge in [0.1, 0.15) is 12.0 Å². The van der Waals surface area contributed by atoms with Crippen molar-refractivity contribution in [3.8, 4) is 0 Å². The molecule has 0 N–H and O–H groups in total. The van der Waals surface area contributed by atoms with Crippen LogP contribution in [0.3, 0.4) is 0 Å². The summed E-state index contributed by atoms with van der Waals surface area (Å²) in [5, 5.41) is 0. The van der Waals surface area contributed by atoms with E-state index in [0.717, 1.165) is 30.8 Å². The van der Waals surface area contributed by atoms with Crippen molar-refractivity contribution in [3.05, 3.63) is 54.2 Å². The standard InChI is InChI=1S/C18H19N3OS/c1-23-14-9-7-13(8-10-14)17-20-12-4-5-15(20)18(22)21(17)16-6-2-3-11-19-16/h2-3,6-11,15,17H,4-5,12H2,1H3/t15-,17-/m0/s1. The second-order valence-electron chi connectivity index (χ2n) is 5.94. The third-order valence-electron chi connectivity index (χ3n) is 4.69. The molecule has 2 saturated heterocycles. The third kappa shape index (κ3) is 2.44. The lowest BCUT2D eigenvalue weighted by Gasteiger charge is -2.29. The zero-order valence-corrected chi connectivity index (χ0v) is 13.9. The van der Waals surface area contributed by atoms with E-state index in [-0.39, 0.29) is 18.1 Å². The van der Waals surface area contributed by atoms with E-state index in [2.05, 4.69) is 40.4 Å². The second-order valence-corrected chi connectivity index (χ2v) is 6.82. The quantitative estimate of drug-likeness (QED) is 0.811. The fourth-order valence-electron chi connectivity index (χ4n) is 3.63. The summed E-state index contributed by atoms with van der Waals surface area (Å²) in [6.45, 7) is 0.967. The smallest absolute Gasteiger partial charge is 0.247 e. The predicted octanol–water partition coefficient (Wildman–Crippen LogP) is 3.31. The highest BCUT2D eigenvalue weighted by Crippen LogP contribution is 2.41. The molecule has 2 atom stereocenters. The van der Waals surface area contributed by atoms with E-state index in [1.807, 2.05) is 23.1 Å². The molecule has 0 unspecified atom stereocenters. The van der Waals surface area contributed by atoms with E-state index >= 15 is 0 Å². The van der Waals surface area contributed by atoms with Crippen molar-refractivity contribution in [3.63, 3.8) is 0 Å². The number of nitrogens with zero attached hydrogens (tertiary/aromatic N) is 3. The van der Waals surface area contributed by atoms with Crippen molar-refractivity contribution in [1.82, 2.24) is 9.88 Å². The summed E-state index contributed by atoms with van der Waals surface area (Å²) in [4.78, 5) is 22.8. The molecule has 4 nitrogen and oxygen atoms in total. The molecule has 0 aliphatic carbocycles. The predicted molar refractivity (Wildman–Crippen MR) is 92.4 cm³/mol. The van der Waals surface area contributed by atoms with Gasteiger partial charge in [-0.05, 0) is 48.9 Å². The summed E-state index contributed by atoms with van der Waals surface area (Å²) in [6.07, 6.45) is 5.82. The molecule has 5 heteroatoms. The highest BCUT2D eigenvalue weighted by atomic mass is 32.2. The van der Waals surface area contributed by atoms with Gasteiger partial charge in [-0.15, -0.1) is 11.8 Å². The lowest BCUT2D eigenvalue weighted by Crippen LogP contribution is -2.32. The number of aromatic nitrogens is 1. The summed E-state index contributed by atoms with van der Waals surface area (Å²) in [5.41, 5.74) is 1.16. The highest BCUT2D eigenvalue weighted by Gasteiger charge is 2.49. The highest BCUT2D eigenvalue weighted by molar-refractivity contribution is 7.98. The molecule has 2 aliphatic rings. The Hall–Kier alpha value is -1.85. The van der Waals surface area contributed by atoms with Crippen molar-refractivity contribution in [2.24, 2.45) is 0 Å². The summed E-state index contributed by atoms with van der Waals surface area (Å²) < 4.78 is 0. The Labute approximate surface area is 140 Å². The van der Waals surface area contributed by atoms with E-state index in [1.54, 1.807) is 18.0 Å². The van der Waals surface area contributed by atoms with Gasteiger partial charge in [-0.25, -0.2) is 4.98 Å². The number of anilines is 1. The first-order valence-corrected chi connectivity index (χ1v) is 9.16. The van der Waals surface area contributed by atoms with Crippen LogP contribution in [-0.4, -0.2) is 34.6 Å². The fourth-order valence-corrected chi connectivity index (χ4v) is 4.04. The van der Waals surface area contributed by atoms with Crippen LogP contribution in [0.4, 0.5) is 5.82 Å². The summed E-state index contributed by atoms with van der Waals surface area (Å²) >= 11 is 1.73. The van der Waals surface area contributed by atoms with E-state index < -0.39 is 0 Å². The molecule has 1 amide bonds. The Morgan fingerprint density at radius 1 is 1.17 bits per heavy atom. The number of carbonyl (C=O) groups is 1. The van der Waals surface area contributed by atoms with Crippen LogP contribution < -0.4 is 4.90 Å². The van der Waals surface area contributed by atoms with Gasteiger partial charge < -0.3 is 0 Å². The fraction of sp³-hybridized carbons (Fsp3) is 0.333. The molecule has 2 aromatic rings. The van der Waals surface area contributed by atoms with Crippen LogP contribution in [-0.2, 0) is 4.79 Å². The Kier molecular flexibility index (Phi) is 3.83. The molecule has 3 heterocycles. The molecule has 118 valence electrons. The molecule has 1 aromatic heterocycles. The molecule has 2 aliphatic heterocycles. The topological polar surface area (TPSA) is 36.4 Å². The summed E-state index contributed by atoms with van der Waals surface area (Å²) in [7, 11) is 0. The Morgan fingerprint density at radius 3 is 2.70 bits per heavy atom. The van der Waals surface area contributed by atoms with Crippen LogP contribution in [0.25, 0.3) is 0 Å². The normalized spacial score (nSPS) is 24.2. The minimum absolute atomic E-state index is 0.00207. The maximum absolute atomic E-state index is 12.9. The molecule has 2 fully saturated rings. The number of pyridine rings is 1. The van der Waals surface area contributed by atoms with Crippen LogP contribution in [0.15, 0.2) is 53.6 Å². The van der Waals surface area contributed by atoms with E-state index in [9.17, 15) is 4.79 Å². The summed E-state index contributed by atoms with van der Waals surface area (Å²) in [5.74, 6) is 0.922. The van der Waals surface area contributed by atoms with Crippen molar-refractivity contribution in [1.29, 1.82) is 0 Å². The van der Waals surface area contributed by atoms with Gasteiger partial charge in [0.25, 0.3) is 0 Å². The van der Waals surface area contributed by atoms with E-state index in [1.165, 1.54) is 4.90 Å². The van der Waals surface area contributed by atoms with Gasteiger partial charge in [0.15, 0.2) is 0 Å². The molecule has 23 heavy (non-hydrogen) atoms. The van der Waals surface area contributed by atoms with Gasteiger partial charge in [0.05, 0.1) is 6.04 Å². The van der Waals surface area contributed by atoms with E-state index in [0.29, 0.717) is 0 Å². The number of benzene rings is 1. The Bertz CT molecular complexity index is 704. The van der Waals surface area contributed by atoms with Crippen LogP contribution >= 0.6 is 11.8 Å². The van der Waals surface area contributed by atoms with Crippen molar-refractivity contribution >= 4 is 23.5 Å². The zero-order chi connectivity index (χ0) is 15.8. The molecule has 0 bridgehead atoms. The van der Waals surface area contributed by atoms with Gasteiger partial charge in [-0.3, -0.25) is 14.6 Å². The molecule has 4 rings (SSSR count). The maximum Gasteiger partial charge on any atom is 0.247 e. The Morgan fingerprint density at radius 2 is 2.00 bits per heavy atom. The first-order valence-electron chi connectivity index (χ1n) is 7.93. The first-order chi connectivity index (χ1) is 11.3. The Balaban J connectivity index is 1.77. The van der Waals surface area contributed by atoms with Crippen LogP contribution in [0.1, 0.15) is 24.6 Å². The van der Waals surface area contributed by atoms with Gasteiger partial charge >= 0.3 is 0 Å². The maximum atomic E-state index is 12.9. The molecule has 1 aromatic carbocycles.